The standard InChI is InChI=1S/C10H8N2OS/c13-14-6-7-5-11-12-10(7)8-3-1-2-4-9(8)14/h1-5H,6H2,(H,11,12). The van der Waals surface area contributed by atoms with Crippen molar-refractivity contribution in [1.29, 1.82) is 0 Å². The molecule has 0 bridgehead atoms. The van der Waals surface area contributed by atoms with Gasteiger partial charge < -0.3 is 0 Å². The number of H-pyrrole nitrogens is 1. The summed E-state index contributed by atoms with van der Waals surface area (Å²) in [5.74, 6) is 0.572. The van der Waals surface area contributed by atoms with Crippen molar-refractivity contribution in [1.82, 2.24) is 10.2 Å². The van der Waals surface area contributed by atoms with E-state index in [-0.39, 0.29) is 0 Å². The Bertz CT molecular complexity index is 518. The smallest absolute Gasteiger partial charge is 0.0703 e. The van der Waals surface area contributed by atoms with Crippen LogP contribution in [0, 0.1) is 0 Å². The first kappa shape index (κ1) is 7.94. The molecule has 14 heavy (non-hydrogen) atoms. The van der Waals surface area contributed by atoms with Crippen LogP contribution in [0.2, 0.25) is 0 Å². The Hall–Kier alpha value is -1.42. The number of hydrogen-bond donors (Lipinski definition) is 1. The molecule has 0 saturated heterocycles. The Labute approximate surface area is 83.6 Å². The molecule has 0 fully saturated rings. The summed E-state index contributed by atoms with van der Waals surface area (Å²) in [6.07, 6.45) is 1.75. The highest BCUT2D eigenvalue weighted by atomic mass is 32.2. The van der Waals surface area contributed by atoms with E-state index in [1.165, 1.54) is 0 Å². The maximum absolute atomic E-state index is 11.8. The number of nitrogens with one attached hydrogen (secondary N) is 1. The van der Waals surface area contributed by atoms with Gasteiger partial charge in [-0.15, -0.1) is 0 Å². The third-order valence-electron chi connectivity index (χ3n) is 2.41. The van der Waals surface area contributed by atoms with Gasteiger partial charge in [-0.05, 0) is 6.07 Å². The van der Waals surface area contributed by atoms with Crippen LogP contribution in [0.1, 0.15) is 5.56 Å². The van der Waals surface area contributed by atoms with Crippen LogP contribution in [0.3, 0.4) is 0 Å². The van der Waals surface area contributed by atoms with Crippen LogP contribution in [-0.2, 0) is 16.6 Å². The maximum atomic E-state index is 11.8. The second-order valence-electron chi connectivity index (χ2n) is 3.26. The zero-order valence-electron chi connectivity index (χ0n) is 7.36. The first-order valence-corrected chi connectivity index (χ1v) is 5.68. The third-order valence-corrected chi connectivity index (χ3v) is 3.83. The summed E-state index contributed by atoms with van der Waals surface area (Å²) in [7, 11) is -0.915. The van der Waals surface area contributed by atoms with Gasteiger partial charge in [-0.25, -0.2) is 0 Å². The van der Waals surface area contributed by atoms with Crippen molar-refractivity contribution in [3.05, 3.63) is 36.0 Å². The summed E-state index contributed by atoms with van der Waals surface area (Å²) in [5, 5.41) is 6.93. The quantitative estimate of drug-likeness (QED) is 0.710. The van der Waals surface area contributed by atoms with E-state index < -0.39 is 10.8 Å². The summed E-state index contributed by atoms with van der Waals surface area (Å²) >= 11 is 0. The van der Waals surface area contributed by atoms with Crippen LogP contribution in [0.4, 0.5) is 0 Å². The van der Waals surface area contributed by atoms with E-state index in [1.54, 1.807) is 6.20 Å². The first-order chi connectivity index (χ1) is 6.86. The number of benzene rings is 1. The molecular weight excluding hydrogens is 196 g/mol. The SMILES string of the molecule is O=S1Cc2cn[nH]c2-c2ccccc21. The lowest BCUT2D eigenvalue weighted by molar-refractivity contribution is 0.682. The van der Waals surface area contributed by atoms with Gasteiger partial charge in [0.05, 0.1) is 28.4 Å². The predicted octanol–water partition coefficient (Wildman–Crippen LogP) is 1.70. The lowest BCUT2D eigenvalue weighted by Crippen LogP contribution is -2.05. The molecule has 1 aromatic carbocycles. The molecule has 1 aliphatic heterocycles. The topological polar surface area (TPSA) is 45.8 Å². The van der Waals surface area contributed by atoms with E-state index in [2.05, 4.69) is 10.2 Å². The molecule has 3 nitrogen and oxygen atoms in total. The predicted molar refractivity (Wildman–Crippen MR) is 54.1 cm³/mol. The Morgan fingerprint density at radius 3 is 3.14 bits per heavy atom. The number of fused-ring (bicyclic) bond motifs is 3. The molecular formula is C10H8N2OS. The molecule has 1 unspecified atom stereocenters. The number of rotatable bonds is 0. The molecule has 1 atom stereocenters. The number of aromatic amines is 1. The van der Waals surface area contributed by atoms with Gasteiger partial charge in [-0.3, -0.25) is 9.31 Å². The molecule has 0 aliphatic carbocycles. The van der Waals surface area contributed by atoms with E-state index in [9.17, 15) is 4.21 Å². The van der Waals surface area contributed by atoms with Gasteiger partial charge in [-0.2, -0.15) is 5.10 Å². The molecule has 0 saturated carbocycles. The van der Waals surface area contributed by atoms with Crippen molar-refractivity contribution in [3.8, 4) is 11.3 Å². The van der Waals surface area contributed by atoms with Crippen LogP contribution >= 0.6 is 0 Å². The van der Waals surface area contributed by atoms with Crippen molar-refractivity contribution in [2.24, 2.45) is 0 Å². The first-order valence-electron chi connectivity index (χ1n) is 4.36. The van der Waals surface area contributed by atoms with Crippen molar-refractivity contribution in [3.63, 3.8) is 0 Å². The Morgan fingerprint density at radius 2 is 2.21 bits per heavy atom. The molecule has 0 amide bonds. The van der Waals surface area contributed by atoms with Crippen LogP contribution < -0.4 is 0 Å². The zero-order chi connectivity index (χ0) is 9.54. The molecule has 1 aliphatic rings. The Kier molecular flexibility index (Phi) is 1.58. The molecule has 0 radical (unpaired) electrons. The van der Waals surface area contributed by atoms with Gasteiger partial charge in [0.25, 0.3) is 0 Å². The Balaban J connectivity index is 2.36. The molecule has 2 heterocycles. The summed E-state index contributed by atoms with van der Waals surface area (Å²) in [6, 6.07) is 7.75. The molecule has 3 rings (SSSR count). The average molecular weight is 204 g/mol. The minimum Gasteiger partial charge on any atom is -0.277 e. The lowest BCUT2D eigenvalue weighted by atomic mass is 10.1. The van der Waals surface area contributed by atoms with E-state index in [4.69, 9.17) is 0 Å². The minimum atomic E-state index is -0.915. The van der Waals surface area contributed by atoms with Crippen molar-refractivity contribution < 1.29 is 4.21 Å². The average Bonchev–Trinajstić information content (AvgIpc) is 2.66. The van der Waals surface area contributed by atoms with Gasteiger partial charge in [0.1, 0.15) is 0 Å². The number of hydrogen-bond acceptors (Lipinski definition) is 2. The third kappa shape index (κ3) is 0.974. The summed E-state index contributed by atoms with van der Waals surface area (Å²) in [4.78, 5) is 0.907. The number of aromatic nitrogens is 2. The van der Waals surface area contributed by atoms with Gasteiger partial charge in [-0.1, -0.05) is 18.2 Å². The molecule has 0 spiro atoms. The van der Waals surface area contributed by atoms with Crippen LogP contribution in [-0.4, -0.2) is 14.4 Å². The molecule has 1 aromatic heterocycles. The summed E-state index contributed by atoms with van der Waals surface area (Å²) in [6.45, 7) is 0. The largest absolute Gasteiger partial charge is 0.277 e. The van der Waals surface area contributed by atoms with Crippen LogP contribution in [0.5, 0.6) is 0 Å². The Morgan fingerprint density at radius 1 is 1.36 bits per heavy atom. The molecule has 2 aromatic rings. The van der Waals surface area contributed by atoms with E-state index >= 15 is 0 Å². The molecule has 1 N–H and O–H groups in total. The monoisotopic (exact) mass is 204 g/mol. The summed E-state index contributed by atoms with van der Waals surface area (Å²) < 4.78 is 11.8. The lowest BCUT2D eigenvalue weighted by Gasteiger charge is -2.14. The van der Waals surface area contributed by atoms with Gasteiger partial charge in [0.2, 0.25) is 0 Å². The van der Waals surface area contributed by atoms with Gasteiger partial charge >= 0.3 is 0 Å². The normalized spacial score (nSPS) is 18.7. The highest BCUT2D eigenvalue weighted by Crippen LogP contribution is 2.33. The van der Waals surface area contributed by atoms with E-state index in [0.29, 0.717) is 5.75 Å². The fourth-order valence-electron chi connectivity index (χ4n) is 1.74. The molecule has 4 heteroatoms. The summed E-state index contributed by atoms with van der Waals surface area (Å²) in [5.41, 5.74) is 3.08. The zero-order valence-corrected chi connectivity index (χ0v) is 8.17. The van der Waals surface area contributed by atoms with Crippen molar-refractivity contribution in [2.45, 2.75) is 10.6 Å². The van der Waals surface area contributed by atoms with Crippen LogP contribution in [0.25, 0.3) is 11.3 Å². The maximum Gasteiger partial charge on any atom is 0.0703 e. The van der Waals surface area contributed by atoms with Crippen molar-refractivity contribution >= 4 is 10.8 Å². The van der Waals surface area contributed by atoms with Crippen molar-refractivity contribution in [2.75, 3.05) is 0 Å². The van der Waals surface area contributed by atoms with Gasteiger partial charge in [0, 0.05) is 16.0 Å². The fourth-order valence-corrected chi connectivity index (χ4v) is 3.05. The number of nitrogens with zero attached hydrogens (tertiary/aromatic N) is 1. The van der Waals surface area contributed by atoms with Gasteiger partial charge in [0.15, 0.2) is 0 Å². The van der Waals surface area contributed by atoms with E-state index in [1.807, 2.05) is 24.3 Å². The van der Waals surface area contributed by atoms with E-state index in [0.717, 1.165) is 21.7 Å². The highest BCUT2D eigenvalue weighted by Gasteiger charge is 2.22. The highest BCUT2D eigenvalue weighted by molar-refractivity contribution is 7.84. The minimum absolute atomic E-state index is 0.572. The second-order valence-corrected chi connectivity index (χ2v) is 4.68. The fraction of sp³-hybridized carbons (Fsp3) is 0.100. The second kappa shape index (κ2) is 2.78. The molecule has 70 valence electrons. The van der Waals surface area contributed by atoms with Crippen LogP contribution in [0.15, 0.2) is 35.4 Å².